The van der Waals surface area contributed by atoms with Crippen LogP contribution in [0.4, 0.5) is 0 Å². The van der Waals surface area contributed by atoms with E-state index in [4.69, 9.17) is 0 Å². The van der Waals surface area contributed by atoms with Gasteiger partial charge >= 0.3 is 0 Å². The van der Waals surface area contributed by atoms with Crippen molar-refractivity contribution in [1.29, 1.82) is 0 Å². The van der Waals surface area contributed by atoms with E-state index < -0.39 is 0 Å². The van der Waals surface area contributed by atoms with E-state index in [-0.39, 0.29) is 0 Å². The zero-order chi connectivity index (χ0) is 4.57. The average Bonchev–Trinajstić information content (AvgIpc) is 2.19. The normalized spacial score (nSPS) is 19.0. The number of rotatable bonds is 1. The largest absolute Gasteiger partial charge is 0.0697 e. The fourth-order valence-corrected chi connectivity index (χ4v) is 0.703. The summed E-state index contributed by atoms with van der Waals surface area (Å²) in [7, 11) is 0. The fourth-order valence-electron chi connectivity index (χ4n) is 0.703. The van der Waals surface area contributed by atoms with Gasteiger partial charge in [-0.15, -0.1) is 0 Å². The maximum atomic E-state index is 2.21. The topological polar surface area (TPSA) is 0 Å². The lowest BCUT2D eigenvalue weighted by atomic mass is 10.4. The molecule has 0 spiro atoms. The lowest BCUT2D eigenvalue weighted by molar-refractivity contribution is 1.15. The van der Waals surface area contributed by atoms with Crippen LogP contribution < -0.4 is 0 Å². The van der Waals surface area contributed by atoms with Crippen LogP contribution in [-0.4, -0.2) is 0 Å². The lowest BCUT2D eigenvalue weighted by Crippen LogP contribution is -1.48. The van der Waals surface area contributed by atoms with E-state index in [0.29, 0.717) is 0 Å². The Bertz CT molecular complexity index is 88.2. The second-order valence-corrected chi connectivity index (χ2v) is 1.91. The van der Waals surface area contributed by atoms with Crippen LogP contribution in [0.5, 0.6) is 0 Å². The van der Waals surface area contributed by atoms with Crippen molar-refractivity contribution in [3.05, 3.63) is 11.1 Å². The van der Waals surface area contributed by atoms with E-state index >= 15 is 0 Å². The summed E-state index contributed by atoms with van der Waals surface area (Å²) in [5.41, 5.74) is 3.30. The van der Waals surface area contributed by atoms with Crippen LogP contribution in [0.1, 0.15) is 26.7 Å². The molecule has 6 heavy (non-hydrogen) atoms. The van der Waals surface area contributed by atoms with E-state index in [0.717, 1.165) is 0 Å². The highest BCUT2D eigenvalue weighted by atomic mass is 14.2. The summed E-state index contributed by atoms with van der Waals surface area (Å²) in [6.45, 7) is 4.42. The summed E-state index contributed by atoms with van der Waals surface area (Å²) < 4.78 is 0. The first-order chi connectivity index (χ1) is 2.84. The summed E-state index contributed by atoms with van der Waals surface area (Å²) in [5, 5.41) is 0. The van der Waals surface area contributed by atoms with Gasteiger partial charge in [0.05, 0.1) is 0 Å². The molecular formula is C6H10. The van der Waals surface area contributed by atoms with Crippen LogP contribution in [0.2, 0.25) is 0 Å². The second kappa shape index (κ2) is 1.11. The molecule has 0 heteroatoms. The first kappa shape index (κ1) is 3.91. The summed E-state index contributed by atoms with van der Waals surface area (Å²) >= 11 is 0. The molecule has 0 aliphatic heterocycles. The van der Waals surface area contributed by atoms with Crippen molar-refractivity contribution < 1.29 is 0 Å². The molecule has 0 N–H and O–H groups in total. The van der Waals surface area contributed by atoms with Crippen LogP contribution in [-0.2, 0) is 0 Å². The Hall–Kier alpha value is -0.260. The average molecular weight is 82.1 g/mol. The highest BCUT2D eigenvalue weighted by Crippen LogP contribution is 2.31. The maximum absolute atomic E-state index is 2.21. The monoisotopic (exact) mass is 82.1 g/mol. The molecule has 0 saturated heterocycles. The van der Waals surface area contributed by atoms with E-state index in [1.54, 1.807) is 11.1 Å². The Kier molecular flexibility index (Phi) is 0.722. The van der Waals surface area contributed by atoms with Crippen LogP contribution in [0.15, 0.2) is 11.1 Å². The molecule has 0 bridgehead atoms. The van der Waals surface area contributed by atoms with E-state index in [2.05, 4.69) is 13.8 Å². The van der Waals surface area contributed by atoms with E-state index in [1.165, 1.54) is 12.8 Å². The molecule has 0 heterocycles. The minimum Gasteiger partial charge on any atom is -0.0697 e. The molecule has 0 nitrogen and oxygen atoms in total. The van der Waals surface area contributed by atoms with Gasteiger partial charge in [-0.1, -0.05) is 18.1 Å². The Morgan fingerprint density at radius 3 is 2.17 bits per heavy atom. The minimum absolute atomic E-state index is 1.28. The standard InChI is InChI=1S/C6H10/c1-3-6-4-5(6)2/h3-4H2,1-2H3. The summed E-state index contributed by atoms with van der Waals surface area (Å²) in [4.78, 5) is 0. The molecular weight excluding hydrogens is 72.1 g/mol. The van der Waals surface area contributed by atoms with E-state index in [1.807, 2.05) is 0 Å². The Balaban J connectivity index is 2.38. The predicted octanol–water partition coefficient (Wildman–Crippen LogP) is 2.12. The number of hydrogen-bond acceptors (Lipinski definition) is 0. The van der Waals surface area contributed by atoms with Gasteiger partial charge in [-0.2, -0.15) is 0 Å². The van der Waals surface area contributed by atoms with Gasteiger partial charge in [0.25, 0.3) is 0 Å². The Morgan fingerprint density at radius 2 is 2.17 bits per heavy atom. The lowest BCUT2D eigenvalue weighted by Gasteiger charge is -1.67. The second-order valence-electron chi connectivity index (χ2n) is 1.91. The molecule has 0 aromatic rings. The van der Waals surface area contributed by atoms with Gasteiger partial charge in [-0.05, 0) is 19.8 Å². The van der Waals surface area contributed by atoms with Crippen molar-refractivity contribution in [2.75, 3.05) is 0 Å². The fraction of sp³-hybridized carbons (Fsp3) is 0.667. The molecule has 0 fully saturated rings. The predicted molar refractivity (Wildman–Crippen MR) is 27.6 cm³/mol. The third-order valence-corrected chi connectivity index (χ3v) is 1.38. The number of allylic oxidation sites excluding steroid dienone is 2. The van der Waals surface area contributed by atoms with Gasteiger partial charge in [-0.25, -0.2) is 0 Å². The van der Waals surface area contributed by atoms with Gasteiger partial charge in [0, 0.05) is 0 Å². The molecule has 0 aromatic carbocycles. The molecule has 0 aromatic heterocycles. The highest BCUT2D eigenvalue weighted by Gasteiger charge is 2.11. The minimum atomic E-state index is 1.28. The third kappa shape index (κ3) is 0.469. The molecule has 34 valence electrons. The van der Waals surface area contributed by atoms with Gasteiger partial charge in [0.1, 0.15) is 0 Å². The molecule has 0 saturated carbocycles. The summed E-state index contributed by atoms with van der Waals surface area (Å²) in [5.74, 6) is 0. The molecule has 0 atom stereocenters. The molecule has 0 unspecified atom stereocenters. The van der Waals surface area contributed by atoms with Crippen molar-refractivity contribution in [1.82, 2.24) is 0 Å². The summed E-state index contributed by atoms with van der Waals surface area (Å²) in [6.07, 6.45) is 2.61. The van der Waals surface area contributed by atoms with Gasteiger partial charge < -0.3 is 0 Å². The van der Waals surface area contributed by atoms with Crippen LogP contribution in [0.3, 0.4) is 0 Å². The van der Waals surface area contributed by atoms with Crippen LogP contribution >= 0.6 is 0 Å². The van der Waals surface area contributed by atoms with E-state index in [9.17, 15) is 0 Å². The molecule has 1 aliphatic rings. The quantitative estimate of drug-likeness (QED) is 0.425. The molecule has 0 radical (unpaired) electrons. The first-order valence-electron chi connectivity index (χ1n) is 2.52. The van der Waals surface area contributed by atoms with Gasteiger partial charge in [0.2, 0.25) is 0 Å². The van der Waals surface area contributed by atoms with Crippen LogP contribution in [0.25, 0.3) is 0 Å². The molecule has 1 rings (SSSR count). The van der Waals surface area contributed by atoms with Crippen LogP contribution in [0, 0.1) is 0 Å². The zero-order valence-electron chi connectivity index (χ0n) is 4.41. The van der Waals surface area contributed by atoms with Crippen molar-refractivity contribution in [2.24, 2.45) is 0 Å². The molecule has 0 amide bonds. The SMILES string of the molecule is CCC1=C(C)C1. The van der Waals surface area contributed by atoms with Crippen molar-refractivity contribution in [2.45, 2.75) is 26.7 Å². The highest BCUT2D eigenvalue weighted by molar-refractivity contribution is 5.31. The maximum Gasteiger partial charge on any atom is -0.0106 e. The van der Waals surface area contributed by atoms with Crippen molar-refractivity contribution in [3.63, 3.8) is 0 Å². The Labute approximate surface area is 38.9 Å². The zero-order valence-corrected chi connectivity index (χ0v) is 4.41. The number of hydrogen-bond donors (Lipinski definition) is 0. The first-order valence-corrected chi connectivity index (χ1v) is 2.52. The molecule has 1 aliphatic carbocycles. The van der Waals surface area contributed by atoms with Gasteiger partial charge in [-0.3, -0.25) is 0 Å². The van der Waals surface area contributed by atoms with Gasteiger partial charge in [0.15, 0.2) is 0 Å². The Morgan fingerprint density at radius 1 is 1.67 bits per heavy atom. The third-order valence-electron chi connectivity index (χ3n) is 1.38. The smallest absolute Gasteiger partial charge is 0.0106 e. The van der Waals surface area contributed by atoms with Crippen molar-refractivity contribution >= 4 is 0 Å². The van der Waals surface area contributed by atoms with Crippen molar-refractivity contribution in [3.8, 4) is 0 Å². The summed E-state index contributed by atoms with van der Waals surface area (Å²) in [6, 6.07) is 0.